The van der Waals surface area contributed by atoms with E-state index in [1.54, 1.807) is 13.0 Å². The summed E-state index contributed by atoms with van der Waals surface area (Å²) in [6.45, 7) is 6.51. The van der Waals surface area contributed by atoms with Crippen LogP contribution in [0.4, 0.5) is 0 Å². The molecule has 0 radical (unpaired) electrons. The van der Waals surface area contributed by atoms with Crippen LogP contribution in [0.3, 0.4) is 0 Å². The third kappa shape index (κ3) is 6.95. The standard InChI is InChI=1S/C22H38N2O9/c1-5-14(6-2)33-17-9-13(21(29)31-7-3)8-15(18(17)24-12(4)25)23-11-22(30)20(28)19(27)16(26)10-32-22/h9,14-20,23,26-28,30H,5-8,10-11H2,1-4H3,(H,24,25)/t15-,16+,17+,18+,19+,20-,22?/m0/s1. The number of aliphatic hydroxyl groups excluding tert-OH is 3. The summed E-state index contributed by atoms with van der Waals surface area (Å²) in [5.41, 5.74) is 0.361. The second kappa shape index (κ2) is 12.2. The zero-order valence-electron chi connectivity index (χ0n) is 19.7. The Bertz CT molecular complexity index is 699. The van der Waals surface area contributed by atoms with E-state index >= 15 is 0 Å². The summed E-state index contributed by atoms with van der Waals surface area (Å²) in [7, 11) is 0. The first kappa shape index (κ1) is 27.6. The summed E-state index contributed by atoms with van der Waals surface area (Å²) in [5, 5.41) is 46.5. The second-order valence-corrected chi connectivity index (χ2v) is 8.53. The van der Waals surface area contributed by atoms with Gasteiger partial charge in [0.25, 0.3) is 0 Å². The molecule has 33 heavy (non-hydrogen) atoms. The summed E-state index contributed by atoms with van der Waals surface area (Å²) in [5.74, 6) is -2.99. The van der Waals surface area contributed by atoms with Gasteiger partial charge in [-0.2, -0.15) is 0 Å². The number of ether oxygens (including phenoxy) is 3. The molecule has 1 heterocycles. The van der Waals surface area contributed by atoms with Crippen LogP contribution in [-0.4, -0.2) is 100 Å². The molecule has 0 bridgehead atoms. The maximum Gasteiger partial charge on any atom is 0.333 e. The Labute approximate surface area is 194 Å². The fourth-order valence-corrected chi connectivity index (χ4v) is 4.11. The van der Waals surface area contributed by atoms with Gasteiger partial charge in [-0.15, -0.1) is 0 Å². The second-order valence-electron chi connectivity index (χ2n) is 8.53. The average molecular weight is 475 g/mol. The first-order valence-corrected chi connectivity index (χ1v) is 11.5. The average Bonchev–Trinajstić information content (AvgIpc) is 2.78. The number of amides is 1. The molecule has 7 atom stereocenters. The van der Waals surface area contributed by atoms with Crippen molar-refractivity contribution in [3.63, 3.8) is 0 Å². The highest BCUT2D eigenvalue weighted by molar-refractivity contribution is 5.89. The quantitative estimate of drug-likeness (QED) is 0.210. The van der Waals surface area contributed by atoms with Crippen LogP contribution >= 0.6 is 0 Å². The molecule has 1 saturated heterocycles. The maximum atomic E-state index is 12.5. The van der Waals surface area contributed by atoms with Crippen molar-refractivity contribution in [3.05, 3.63) is 11.6 Å². The first-order chi connectivity index (χ1) is 15.6. The zero-order valence-corrected chi connectivity index (χ0v) is 19.7. The van der Waals surface area contributed by atoms with Crippen LogP contribution in [0, 0.1) is 0 Å². The number of hydrogen-bond donors (Lipinski definition) is 6. The lowest BCUT2D eigenvalue weighted by atomic mass is 9.86. The number of carbonyl (C=O) groups excluding carboxylic acids is 2. The first-order valence-electron chi connectivity index (χ1n) is 11.5. The zero-order chi connectivity index (χ0) is 24.8. The van der Waals surface area contributed by atoms with Crippen molar-refractivity contribution in [2.75, 3.05) is 19.8 Å². The van der Waals surface area contributed by atoms with Gasteiger partial charge in [-0.3, -0.25) is 4.79 Å². The number of aliphatic hydroxyl groups is 4. The monoisotopic (exact) mass is 474 g/mol. The highest BCUT2D eigenvalue weighted by Crippen LogP contribution is 2.27. The molecule has 0 spiro atoms. The molecular weight excluding hydrogens is 436 g/mol. The molecule has 2 rings (SSSR count). The summed E-state index contributed by atoms with van der Waals surface area (Å²) in [6.07, 6.45) is -2.16. The van der Waals surface area contributed by atoms with Crippen LogP contribution in [-0.2, 0) is 23.8 Å². The molecule has 0 aromatic rings. The molecule has 1 aliphatic heterocycles. The van der Waals surface area contributed by atoms with Gasteiger partial charge in [-0.1, -0.05) is 13.8 Å². The van der Waals surface area contributed by atoms with Crippen molar-refractivity contribution in [3.8, 4) is 0 Å². The third-order valence-corrected chi connectivity index (χ3v) is 6.06. The van der Waals surface area contributed by atoms with E-state index in [2.05, 4.69) is 10.6 Å². The molecule has 1 fully saturated rings. The van der Waals surface area contributed by atoms with Gasteiger partial charge in [-0.25, -0.2) is 4.79 Å². The molecule has 11 heteroatoms. The molecule has 1 unspecified atom stereocenters. The summed E-state index contributed by atoms with van der Waals surface area (Å²) in [6, 6.07) is -1.19. The minimum Gasteiger partial charge on any atom is -0.463 e. The predicted octanol–water partition coefficient (Wildman–Crippen LogP) is -1.28. The lowest BCUT2D eigenvalue weighted by Gasteiger charge is -2.44. The predicted molar refractivity (Wildman–Crippen MR) is 117 cm³/mol. The SMILES string of the molecule is CCOC(=O)C1=C[C@@H](OC(CC)CC)[C@H](NC(C)=O)[C@@H](NCC2(O)OC[C@@H](O)[C@@H](O)[C@@H]2O)C1. The van der Waals surface area contributed by atoms with Gasteiger partial charge in [0.05, 0.1) is 38.0 Å². The number of nitrogens with one attached hydrogen (secondary N) is 2. The minimum absolute atomic E-state index is 0.103. The van der Waals surface area contributed by atoms with Crippen molar-refractivity contribution >= 4 is 11.9 Å². The van der Waals surface area contributed by atoms with Gasteiger partial charge < -0.3 is 45.3 Å². The van der Waals surface area contributed by atoms with Crippen LogP contribution in [0.15, 0.2) is 11.6 Å². The van der Waals surface area contributed by atoms with E-state index < -0.39 is 48.3 Å². The lowest BCUT2D eigenvalue weighted by Crippen LogP contribution is -2.67. The van der Waals surface area contributed by atoms with Crippen molar-refractivity contribution in [1.29, 1.82) is 0 Å². The van der Waals surface area contributed by atoms with E-state index in [4.69, 9.17) is 14.2 Å². The van der Waals surface area contributed by atoms with E-state index in [0.717, 1.165) is 12.8 Å². The smallest absolute Gasteiger partial charge is 0.333 e. The van der Waals surface area contributed by atoms with Crippen molar-refractivity contribution in [1.82, 2.24) is 10.6 Å². The molecular formula is C22H38N2O9. The largest absolute Gasteiger partial charge is 0.463 e. The Hall–Kier alpha value is -1.60. The van der Waals surface area contributed by atoms with Gasteiger partial charge in [0.1, 0.15) is 18.3 Å². The van der Waals surface area contributed by atoms with Crippen LogP contribution < -0.4 is 10.6 Å². The molecule has 0 aromatic heterocycles. The van der Waals surface area contributed by atoms with Gasteiger partial charge in [-0.05, 0) is 32.3 Å². The Kier molecular flexibility index (Phi) is 10.2. The van der Waals surface area contributed by atoms with Gasteiger partial charge in [0, 0.05) is 18.5 Å². The van der Waals surface area contributed by atoms with E-state index in [-0.39, 0.29) is 38.2 Å². The van der Waals surface area contributed by atoms with Gasteiger partial charge in [0.2, 0.25) is 11.7 Å². The fraction of sp³-hybridized carbons (Fsp3) is 0.818. The molecule has 11 nitrogen and oxygen atoms in total. The topological polar surface area (TPSA) is 167 Å². The molecule has 2 aliphatic rings. The number of hydrogen-bond acceptors (Lipinski definition) is 10. The van der Waals surface area contributed by atoms with Gasteiger partial charge >= 0.3 is 5.97 Å². The van der Waals surface area contributed by atoms with Gasteiger partial charge in [0.15, 0.2) is 0 Å². The number of carbonyl (C=O) groups is 2. The Morgan fingerprint density at radius 3 is 2.48 bits per heavy atom. The Morgan fingerprint density at radius 2 is 1.91 bits per heavy atom. The molecule has 1 aliphatic carbocycles. The highest BCUT2D eigenvalue weighted by atomic mass is 16.6. The summed E-state index contributed by atoms with van der Waals surface area (Å²) < 4.78 is 16.6. The van der Waals surface area contributed by atoms with Crippen molar-refractivity contribution < 1.29 is 44.2 Å². The van der Waals surface area contributed by atoms with Crippen LogP contribution in [0.1, 0.15) is 47.0 Å². The fourth-order valence-electron chi connectivity index (χ4n) is 4.11. The van der Waals surface area contributed by atoms with Crippen molar-refractivity contribution in [2.24, 2.45) is 0 Å². The van der Waals surface area contributed by atoms with Crippen LogP contribution in [0.2, 0.25) is 0 Å². The van der Waals surface area contributed by atoms with Crippen LogP contribution in [0.25, 0.3) is 0 Å². The molecule has 0 aromatic carbocycles. The molecule has 0 saturated carbocycles. The summed E-state index contributed by atoms with van der Waals surface area (Å²) in [4.78, 5) is 24.5. The van der Waals surface area contributed by atoms with E-state index in [0.29, 0.717) is 5.57 Å². The van der Waals surface area contributed by atoms with E-state index in [1.807, 2.05) is 13.8 Å². The number of rotatable bonds is 10. The molecule has 1 amide bonds. The van der Waals surface area contributed by atoms with E-state index in [9.17, 15) is 30.0 Å². The van der Waals surface area contributed by atoms with Crippen molar-refractivity contribution in [2.45, 2.75) is 95.3 Å². The third-order valence-electron chi connectivity index (χ3n) is 6.06. The lowest BCUT2D eigenvalue weighted by molar-refractivity contribution is -0.318. The Balaban J connectivity index is 2.29. The van der Waals surface area contributed by atoms with E-state index in [1.165, 1.54) is 6.92 Å². The normalized spacial score (nSPS) is 34.6. The molecule has 6 N–H and O–H groups in total. The highest BCUT2D eigenvalue weighted by Gasteiger charge is 2.49. The summed E-state index contributed by atoms with van der Waals surface area (Å²) >= 11 is 0. The van der Waals surface area contributed by atoms with Crippen LogP contribution in [0.5, 0.6) is 0 Å². The minimum atomic E-state index is -2.18. The molecule has 190 valence electrons. The maximum absolute atomic E-state index is 12.5. The number of esters is 1. The Morgan fingerprint density at radius 1 is 1.24 bits per heavy atom.